The van der Waals surface area contributed by atoms with Gasteiger partial charge < -0.3 is 0 Å². The first-order chi connectivity index (χ1) is 7.62. The van der Waals surface area contributed by atoms with Crippen molar-refractivity contribution in [1.82, 2.24) is 0 Å². The van der Waals surface area contributed by atoms with E-state index in [0.29, 0.717) is 0 Å². The maximum atomic E-state index is 11.9. The summed E-state index contributed by atoms with van der Waals surface area (Å²) in [5, 5.41) is 16.1. The van der Waals surface area contributed by atoms with E-state index in [1.54, 1.807) is 24.3 Å². The third-order valence-electron chi connectivity index (χ3n) is 2.11. The lowest BCUT2D eigenvalue weighted by atomic mass is 10.3. The van der Waals surface area contributed by atoms with E-state index in [4.69, 9.17) is 10.5 Å². The quantitative estimate of drug-likeness (QED) is 0.793. The van der Waals surface area contributed by atoms with Gasteiger partial charge in [-0.25, -0.2) is 8.42 Å². The summed E-state index contributed by atoms with van der Waals surface area (Å²) < 4.78 is 23.9. The third-order valence-corrected chi connectivity index (χ3v) is 4.13. The lowest BCUT2D eigenvalue weighted by Gasteiger charge is -2.08. The lowest BCUT2D eigenvalue weighted by Crippen LogP contribution is -2.19. The number of sulfone groups is 1. The molecule has 4 nitrogen and oxygen atoms in total. The summed E-state index contributed by atoms with van der Waals surface area (Å²) in [5.41, 5.74) is 0. The Balaban J connectivity index is 3.03. The second kappa shape index (κ2) is 5.29. The largest absolute Gasteiger partial charge is 0.222 e. The number of hydrogen-bond acceptors (Lipinski definition) is 4. The van der Waals surface area contributed by atoms with Crippen molar-refractivity contribution < 1.29 is 8.42 Å². The van der Waals surface area contributed by atoms with E-state index in [1.165, 1.54) is 12.1 Å². The fourth-order valence-corrected chi connectivity index (χ4v) is 2.69. The summed E-state index contributed by atoms with van der Waals surface area (Å²) in [6.45, 7) is 0. The highest BCUT2D eigenvalue weighted by Gasteiger charge is 2.26. The molecule has 0 radical (unpaired) electrons. The number of benzene rings is 1. The zero-order valence-electron chi connectivity index (χ0n) is 8.50. The molecule has 0 saturated heterocycles. The van der Waals surface area contributed by atoms with E-state index in [9.17, 15) is 8.42 Å². The van der Waals surface area contributed by atoms with Crippen LogP contribution in [-0.2, 0) is 9.84 Å². The Morgan fingerprint density at radius 1 is 1.19 bits per heavy atom. The van der Waals surface area contributed by atoms with Crippen LogP contribution in [0.5, 0.6) is 0 Å². The fraction of sp³-hybridized carbons (Fsp3) is 0.273. The van der Waals surface area contributed by atoms with Gasteiger partial charge in [0.15, 0.2) is 15.1 Å². The Labute approximate surface area is 94.7 Å². The second-order valence-corrected chi connectivity index (χ2v) is 5.30. The van der Waals surface area contributed by atoms with Gasteiger partial charge in [-0.15, -0.1) is 0 Å². The Morgan fingerprint density at radius 3 is 2.31 bits per heavy atom. The van der Waals surface area contributed by atoms with Crippen molar-refractivity contribution in [2.45, 2.75) is 23.0 Å². The molecule has 0 saturated carbocycles. The molecule has 1 aromatic carbocycles. The minimum atomic E-state index is -3.64. The van der Waals surface area contributed by atoms with Gasteiger partial charge in [0.2, 0.25) is 0 Å². The first kappa shape index (κ1) is 12.2. The molecule has 16 heavy (non-hydrogen) atoms. The van der Waals surface area contributed by atoms with E-state index >= 15 is 0 Å². The highest BCUT2D eigenvalue weighted by molar-refractivity contribution is 7.92. The summed E-state index contributed by atoms with van der Waals surface area (Å²) in [7, 11) is -3.64. The Bertz CT molecular complexity index is 523. The van der Waals surface area contributed by atoms with E-state index in [1.807, 2.05) is 6.07 Å². The molecule has 0 bridgehead atoms. The van der Waals surface area contributed by atoms with Gasteiger partial charge in [0.05, 0.1) is 17.0 Å². The van der Waals surface area contributed by atoms with Crippen molar-refractivity contribution in [1.29, 1.82) is 10.5 Å². The summed E-state index contributed by atoms with van der Waals surface area (Å²) >= 11 is 0. The molecule has 1 rings (SSSR count). The molecule has 1 unspecified atom stereocenters. The lowest BCUT2D eigenvalue weighted by molar-refractivity contribution is 0.585. The number of nitrogens with zero attached hydrogens (tertiary/aromatic N) is 2. The van der Waals surface area contributed by atoms with Crippen LogP contribution >= 0.6 is 0 Å². The van der Waals surface area contributed by atoms with Gasteiger partial charge in [-0.2, -0.15) is 10.5 Å². The maximum absolute atomic E-state index is 11.9. The molecule has 5 heteroatoms. The molecule has 1 atom stereocenters. The van der Waals surface area contributed by atoms with Gasteiger partial charge in [-0.1, -0.05) is 18.2 Å². The summed E-state index contributed by atoms with van der Waals surface area (Å²) in [6.07, 6.45) is 0.106. The molecule has 0 heterocycles. The van der Waals surface area contributed by atoms with Crippen LogP contribution < -0.4 is 0 Å². The molecule has 0 aliphatic carbocycles. The summed E-state index contributed by atoms with van der Waals surface area (Å²) in [6, 6.07) is 11.4. The first-order valence-electron chi connectivity index (χ1n) is 4.68. The molecule has 1 aromatic rings. The highest BCUT2D eigenvalue weighted by Crippen LogP contribution is 2.18. The molecular weight excluding hydrogens is 224 g/mol. The van der Waals surface area contributed by atoms with E-state index in [-0.39, 0.29) is 17.7 Å². The first-order valence-corrected chi connectivity index (χ1v) is 6.23. The van der Waals surface area contributed by atoms with Gasteiger partial charge in [0.1, 0.15) is 0 Å². The van der Waals surface area contributed by atoms with Crippen LogP contribution in [0.2, 0.25) is 0 Å². The number of rotatable bonds is 4. The van der Waals surface area contributed by atoms with Crippen LogP contribution in [0.15, 0.2) is 35.2 Å². The van der Waals surface area contributed by atoms with Crippen LogP contribution in [0.25, 0.3) is 0 Å². The molecule has 0 aliphatic rings. The average molecular weight is 234 g/mol. The highest BCUT2D eigenvalue weighted by atomic mass is 32.2. The van der Waals surface area contributed by atoms with E-state index in [0.717, 1.165) is 0 Å². The number of hydrogen-bond donors (Lipinski definition) is 0. The predicted octanol–water partition coefficient (Wildman–Crippen LogP) is 1.66. The van der Waals surface area contributed by atoms with Crippen molar-refractivity contribution in [3.63, 3.8) is 0 Å². The monoisotopic (exact) mass is 234 g/mol. The SMILES string of the molecule is N#CCCC(C#N)S(=O)(=O)c1ccccc1. The van der Waals surface area contributed by atoms with Gasteiger partial charge in [-0.05, 0) is 18.6 Å². The average Bonchev–Trinajstić information content (AvgIpc) is 2.31. The van der Waals surface area contributed by atoms with Gasteiger partial charge in [0.25, 0.3) is 0 Å². The summed E-state index contributed by atoms with van der Waals surface area (Å²) in [5.74, 6) is 0. The predicted molar refractivity (Wildman–Crippen MR) is 57.9 cm³/mol. The molecule has 82 valence electrons. The summed E-state index contributed by atoms with van der Waals surface area (Å²) in [4.78, 5) is 0.125. The molecule has 0 spiro atoms. The van der Waals surface area contributed by atoms with Crippen molar-refractivity contribution in [2.75, 3.05) is 0 Å². The topological polar surface area (TPSA) is 81.7 Å². The second-order valence-electron chi connectivity index (χ2n) is 3.17. The van der Waals surface area contributed by atoms with Crippen LogP contribution in [0.3, 0.4) is 0 Å². The van der Waals surface area contributed by atoms with E-state index in [2.05, 4.69) is 0 Å². The van der Waals surface area contributed by atoms with Gasteiger partial charge >= 0.3 is 0 Å². The standard InChI is InChI=1S/C11H10N2O2S/c12-8-4-7-11(9-13)16(14,15)10-5-2-1-3-6-10/h1-3,5-6,11H,4,7H2. The van der Waals surface area contributed by atoms with Crippen LogP contribution in [0, 0.1) is 22.7 Å². The van der Waals surface area contributed by atoms with Crippen LogP contribution in [-0.4, -0.2) is 13.7 Å². The third kappa shape index (κ3) is 2.59. The fourth-order valence-electron chi connectivity index (χ4n) is 1.26. The minimum Gasteiger partial charge on any atom is -0.222 e. The zero-order chi connectivity index (χ0) is 12.0. The smallest absolute Gasteiger partial charge is 0.194 e. The maximum Gasteiger partial charge on any atom is 0.194 e. The Morgan fingerprint density at radius 2 is 1.81 bits per heavy atom. The van der Waals surface area contributed by atoms with E-state index < -0.39 is 15.1 Å². The van der Waals surface area contributed by atoms with Crippen LogP contribution in [0.1, 0.15) is 12.8 Å². The Kier molecular flexibility index (Phi) is 4.04. The zero-order valence-corrected chi connectivity index (χ0v) is 9.31. The molecule has 0 amide bonds. The van der Waals surface area contributed by atoms with Gasteiger partial charge in [-0.3, -0.25) is 0 Å². The van der Waals surface area contributed by atoms with Crippen molar-refractivity contribution in [3.8, 4) is 12.1 Å². The molecular formula is C11H10N2O2S. The minimum absolute atomic E-state index is 0.0459. The molecule has 0 N–H and O–H groups in total. The van der Waals surface area contributed by atoms with Crippen LogP contribution in [0.4, 0.5) is 0 Å². The Hall–Kier alpha value is -1.85. The van der Waals surface area contributed by atoms with Crippen molar-refractivity contribution >= 4 is 9.84 Å². The molecule has 0 aliphatic heterocycles. The van der Waals surface area contributed by atoms with Crippen molar-refractivity contribution in [2.24, 2.45) is 0 Å². The normalized spacial score (nSPS) is 12.4. The molecule has 0 aromatic heterocycles. The molecule has 0 fully saturated rings. The van der Waals surface area contributed by atoms with Crippen molar-refractivity contribution in [3.05, 3.63) is 30.3 Å². The van der Waals surface area contributed by atoms with Gasteiger partial charge in [0, 0.05) is 6.42 Å². The number of nitriles is 2.